The minimum absolute atomic E-state index is 0.0989. The Morgan fingerprint density at radius 1 is 1.67 bits per heavy atom. The molecular formula is C7H13NO. The van der Waals surface area contributed by atoms with Crippen LogP contribution in [0.5, 0.6) is 0 Å². The van der Waals surface area contributed by atoms with Gasteiger partial charge in [0.25, 0.3) is 0 Å². The normalized spacial score (nSPS) is 15.6. The second kappa shape index (κ2) is 3.49. The van der Waals surface area contributed by atoms with Crippen molar-refractivity contribution >= 4 is 0 Å². The largest absolute Gasteiger partial charge is 0.396 e. The molecule has 0 aromatic carbocycles. The lowest BCUT2D eigenvalue weighted by molar-refractivity contribution is 0.265. The van der Waals surface area contributed by atoms with E-state index < -0.39 is 5.54 Å². The SMILES string of the molecule is CC#CC(C)(N)CCO. The van der Waals surface area contributed by atoms with Crippen molar-refractivity contribution in [3.8, 4) is 11.8 Å². The van der Waals surface area contributed by atoms with Crippen molar-refractivity contribution in [2.75, 3.05) is 6.61 Å². The molecule has 0 heterocycles. The maximum absolute atomic E-state index is 8.48. The predicted molar refractivity (Wildman–Crippen MR) is 37.7 cm³/mol. The highest BCUT2D eigenvalue weighted by Crippen LogP contribution is 2.01. The molecule has 0 saturated carbocycles. The highest BCUT2D eigenvalue weighted by molar-refractivity contribution is 5.12. The Hall–Kier alpha value is -0.520. The molecule has 0 spiro atoms. The molecule has 3 N–H and O–H groups in total. The second-order valence-corrected chi connectivity index (χ2v) is 2.27. The van der Waals surface area contributed by atoms with E-state index in [1.165, 1.54) is 0 Å². The molecule has 2 nitrogen and oxygen atoms in total. The number of nitrogens with two attached hydrogens (primary N) is 1. The zero-order chi connectivity index (χ0) is 7.33. The van der Waals surface area contributed by atoms with Gasteiger partial charge in [-0.15, -0.1) is 5.92 Å². The summed E-state index contributed by atoms with van der Waals surface area (Å²) in [6.45, 7) is 3.64. The molecule has 0 aromatic heterocycles. The van der Waals surface area contributed by atoms with Crippen molar-refractivity contribution in [2.45, 2.75) is 25.8 Å². The number of hydrogen-bond donors (Lipinski definition) is 2. The van der Waals surface area contributed by atoms with Gasteiger partial charge in [-0.2, -0.15) is 0 Å². The van der Waals surface area contributed by atoms with E-state index in [0.717, 1.165) is 0 Å². The molecule has 0 aromatic rings. The fraction of sp³-hybridized carbons (Fsp3) is 0.714. The maximum atomic E-state index is 8.48. The Labute approximate surface area is 56.1 Å². The first-order valence-corrected chi connectivity index (χ1v) is 2.96. The summed E-state index contributed by atoms with van der Waals surface area (Å²) >= 11 is 0. The molecule has 0 radical (unpaired) electrons. The van der Waals surface area contributed by atoms with Crippen LogP contribution in [0.2, 0.25) is 0 Å². The molecule has 1 unspecified atom stereocenters. The van der Waals surface area contributed by atoms with Gasteiger partial charge in [-0.05, 0) is 20.3 Å². The highest BCUT2D eigenvalue weighted by atomic mass is 16.3. The van der Waals surface area contributed by atoms with Gasteiger partial charge in [-0.1, -0.05) is 5.92 Å². The summed E-state index contributed by atoms with van der Waals surface area (Å²) in [6, 6.07) is 0. The first-order valence-electron chi connectivity index (χ1n) is 2.96. The molecule has 0 aliphatic carbocycles. The lowest BCUT2D eigenvalue weighted by Gasteiger charge is -2.14. The third-order valence-corrected chi connectivity index (χ3v) is 1.04. The Morgan fingerprint density at radius 3 is 2.56 bits per heavy atom. The van der Waals surface area contributed by atoms with Crippen LogP contribution in [0.4, 0.5) is 0 Å². The molecular weight excluding hydrogens is 114 g/mol. The van der Waals surface area contributed by atoms with E-state index in [4.69, 9.17) is 10.8 Å². The Kier molecular flexibility index (Phi) is 3.29. The summed E-state index contributed by atoms with van der Waals surface area (Å²) in [5.74, 6) is 5.50. The molecule has 1 atom stereocenters. The highest BCUT2D eigenvalue weighted by Gasteiger charge is 2.12. The van der Waals surface area contributed by atoms with Crippen molar-refractivity contribution in [3.63, 3.8) is 0 Å². The zero-order valence-electron chi connectivity index (χ0n) is 5.94. The van der Waals surface area contributed by atoms with Crippen LogP contribution in [0, 0.1) is 11.8 Å². The van der Waals surface area contributed by atoms with Crippen LogP contribution in [0.25, 0.3) is 0 Å². The fourth-order valence-corrected chi connectivity index (χ4v) is 0.580. The van der Waals surface area contributed by atoms with Crippen molar-refractivity contribution in [1.29, 1.82) is 0 Å². The van der Waals surface area contributed by atoms with Gasteiger partial charge in [0.05, 0.1) is 5.54 Å². The van der Waals surface area contributed by atoms with Crippen LogP contribution in [0.3, 0.4) is 0 Å². The number of aliphatic hydroxyl groups is 1. The maximum Gasteiger partial charge on any atom is 0.0769 e. The van der Waals surface area contributed by atoms with E-state index in [1.54, 1.807) is 13.8 Å². The molecule has 52 valence electrons. The first kappa shape index (κ1) is 8.48. The number of aliphatic hydroxyl groups excluding tert-OH is 1. The third kappa shape index (κ3) is 4.01. The minimum atomic E-state index is -0.510. The average Bonchev–Trinajstić information content (AvgIpc) is 1.64. The summed E-state index contributed by atoms with van der Waals surface area (Å²) in [5.41, 5.74) is 5.09. The zero-order valence-corrected chi connectivity index (χ0v) is 5.94. The van der Waals surface area contributed by atoms with Crippen LogP contribution in [-0.4, -0.2) is 17.3 Å². The lowest BCUT2D eigenvalue weighted by Crippen LogP contribution is -2.35. The molecule has 9 heavy (non-hydrogen) atoms. The molecule has 0 rings (SSSR count). The van der Waals surface area contributed by atoms with Gasteiger partial charge in [0, 0.05) is 6.61 Å². The Morgan fingerprint density at radius 2 is 2.22 bits per heavy atom. The van der Waals surface area contributed by atoms with Gasteiger partial charge in [-0.25, -0.2) is 0 Å². The first-order chi connectivity index (χ1) is 4.12. The number of rotatable bonds is 2. The van der Waals surface area contributed by atoms with Crippen LogP contribution >= 0.6 is 0 Å². The molecule has 0 aliphatic rings. The van der Waals surface area contributed by atoms with Crippen molar-refractivity contribution in [2.24, 2.45) is 5.73 Å². The third-order valence-electron chi connectivity index (χ3n) is 1.04. The Balaban J connectivity index is 3.80. The van der Waals surface area contributed by atoms with E-state index in [9.17, 15) is 0 Å². The van der Waals surface area contributed by atoms with Crippen LogP contribution in [0.15, 0.2) is 0 Å². The fourth-order valence-electron chi connectivity index (χ4n) is 0.580. The van der Waals surface area contributed by atoms with Gasteiger partial charge >= 0.3 is 0 Å². The lowest BCUT2D eigenvalue weighted by atomic mass is 10.0. The topological polar surface area (TPSA) is 46.2 Å². The molecule has 0 saturated heterocycles. The van der Waals surface area contributed by atoms with Crippen LogP contribution < -0.4 is 5.73 Å². The average molecular weight is 127 g/mol. The van der Waals surface area contributed by atoms with Gasteiger partial charge < -0.3 is 10.8 Å². The van der Waals surface area contributed by atoms with Crippen LogP contribution in [0.1, 0.15) is 20.3 Å². The van der Waals surface area contributed by atoms with Gasteiger partial charge in [0.1, 0.15) is 0 Å². The standard InChI is InChI=1S/C7H13NO/c1-3-4-7(2,8)5-6-9/h9H,5-6,8H2,1-2H3. The molecule has 0 amide bonds. The predicted octanol–water partition coefficient (Wildman–Crippen LogP) is 0.110. The molecule has 0 fully saturated rings. The van der Waals surface area contributed by atoms with Crippen molar-refractivity contribution < 1.29 is 5.11 Å². The van der Waals surface area contributed by atoms with Gasteiger partial charge in [-0.3, -0.25) is 0 Å². The molecule has 0 bridgehead atoms. The van der Waals surface area contributed by atoms with Gasteiger partial charge in [0.2, 0.25) is 0 Å². The molecule has 0 aliphatic heterocycles. The van der Waals surface area contributed by atoms with E-state index in [0.29, 0.717) is 6.42 Å². The summed E-state index contributed by atoms with van der Waals surface area (Å²) < 4.78 is 0. The number of hydrogen-bond acceptors (Lipinski definition) is 2. The monoisotopic (exact) mass is 127 g/mol. The summed E-state index contributed by atoms with van der Waals surface area (Å²) in [4.78, 5) is 0. The minimum Gasteiger partial charge on any atom is -0.396 e. The van der Waals surface area contributed by atoms with Crippen molar-refractivity contribution in [3.05, 3.63) is 0 Å². The molecule has 2 heteroatoms. The Bertz CT molecular complexity index is 130. The smallest absolute Gasteiger partial charge is 0.0769 e. The summed E-state index contributed by atoms with van der Waals surface area (Å²) in [7, 11) is 0. The van der Waals surface area contributed by atoms with Crippen LogP contribution in [-0.2, 0) is 0 Å². The van der Waals surface area contributed by atoms with E-state index in [2.05, 4.69) is 11.8 Å². The van der Waals surface area contributed by atoms with Crippen molar-refractivity contribution in [1.82, 2.24) is 0 Å². The quantitative estimate of drug-likeness (QED) is 0.517. The van der Waals surface area contributed by atoms with E-state index in [-0.39, 0.29) is 6.61 Å². The van der Waals surface area contributed by atoms with E-state index >= 15 is 0 Å². The second-order valence-electron chi connectivity index (χ2n) is 2.27. The van der Waals surface area contributed by atoms with E-state index in [1.807, 2.05) is 0 Å². The summed E-state index contributed by atoms with van der Waals surface area (Å²) in [5, 5.41) is 8.48. The summed E-state index contributed by atoms with van der Waals surface area (Å²) in [6.07, 6.45) is 0.536. The van der Waals surface area contributed by atoms with Gasteiger partial charge in [0.15, 0.2) is 0 Å².